The van der Waals surface area contributed by atoms with Gasteiger partial charge in [0.05, 0.1) is 0 Å². The lowest BCUT2D eigenvalue weighted by atomic mass is 9.95. The van der Waals surface area contributed by atoms with Crippen molar-refractivity contribution in [2.75, 3.05) is 0 Å². The number of aliphatic hydroxyl groups is 1. The van der Waals surface area contributed by atoms with Gasteiger partial charge in [-0.15, -0.1) is 0 Å². The lowest BCUT2D eigenvalue weighted by Crippen LogP contribution is -2.37. The van der Waals surface area contributed by atoms with Gasteiger partial charge in [-0.3, -0.25) is 5.41 Å². The summed E-state index contributed by atoms with van der Waals surface area (Å²) in [6.07, 6.45) is 0. The topological polar surface area (TPSA) is 70.1 Å². The van der Waals surface area contributed by atoms with Gasteiger partial charge in [-0.2, -0.15) is 0 Å². The van der Waals surface area contributed by atoms with Crippen molar-refractivity contribution in [2.24, 2.45) is 5.73 Å². The SMILES string of the molecule is C[C@](O)(C(=N)N)c1ccccc1. The van der Waals surface area contributed by atoms with E-state index in [2.05, 4.69) is 0 Å². The van der Waals surface area contributed by atoms with Crippen molar-refractivity contribution in [2.45, 2.75) is 12.5 Å². The number of nitrogens with two attached hydrogens (primary N) is 1. The lowest BCUT2D eigenvalue weighted by Gasteiger charge is -2.21. The Hall–Kier alpha value is -1.35. The van der Waals surface area contributed by atoms with Gasteiger partial charge < -0.3 is 10.8 Å². The van der Waals surface area contributed by atoms with Crippen LogP contribution in [0.15, 0.2) is 30.3 Å². The van der Waals surface area contributed by atoms with Gasteiger partial charge in [0.1, 0.15) is 11.4 Å². The number of hydrogen-bond donors (Lipinski definition) is 3. The Bertz CT molecular complexity index is 280. The quantitative estimate of drug-likeness (QED) is 0.447. The molecular weight excluding hydrogens is 152 g/mol. The van der Waals surface area contributed by atoms with Gasteiger partial charge in [0.15, 0.2) is 0 Å². The van der Waals surface area contributed by atoms with Crippen LogP contribution < -0.4 is 5.73 Å². The molecule has 64 valence electrons. The first-order valence-corrected chi connectivity index (χ1v) is 3.67. The van der Waals surface area contributed by atoms with Gasteiger partial charge in [0, 0.05) is 0 Å². The summed E-state index contributed by atoms with van der Waals surface area (Å²) >= 11 is 0. The zero-order valence-electron chi connectivity index (χ0n) is 6.91. The number of amidine groups is 1. The first kappa shape index (κ1) is 8.74. The fourth-order valence-corrected chi connectivity index (χ4v) is 0.918. The Morgan fingerprint density at radius 3 is 2.33 bits per heavy atom. The van der Waals surface area contributed by atoms with Crippen LogP contribution in [0.3, 0.4) is 0 Å². The molecule has 12 heavy (non-hydrogen) atoms. The molecule has 3 heteroatoms. The van der Waals surface area contributed by atoms with Gasteiger partial charge in [-0.25, -0.2) is 0 Å². The minimum absolute atomic E-state index is 0.242. The average molecular weight is 164 g/mol. The van der Waals surface area contributed by atoms with Crippen molar-refractivity contribution in [3.05, 3.63) is 35.9 Å². The minimum atomic E-state index is -1.35. The highest BCUT2D eigenvalue weighted by atomic mass is 16.3. The molecule has 0 saturated heterocycles. The van der Waals surface area contributed by atoms with Gasteiger partial charge in [-0.1, -0.05) is 30.3 Å². The molecule has 0 bridgehead atoms. The summed E-state index contributed by atoms with van der Waals surface area (Å²) in [5.74, 6) is -0.242. The molecular formula is C9H12N2O. The van der Waals surface area contributed by atoms with Crippen LogP contribution in [0.2, 0.25) is 0 Å². The third kappa shape index (κ3) is 1.46. The molecule has 0 heterocycles. The number of rotatable bonds is 2. The van der Waals surface area contributed by atoms with E-state index in [1.807, 2.05) is 6.07 Å². The molecule has 0 aromatic heterocycles. The van der Waals surface area contributed by atoms with Crippen molar-refractivity contribution in [3.63, 3.8) is 0 Å². The first-order valence-electron chi connectivity index (χ1n) is 3.67. The molecule has 0 amide bonds. The van der Waals surface area contributed by atoms with E-state index in [9.17, 15) is 5.11 Å². The van der Waals surface area contributed by atoms with E-state index >= 15 is 0 Å². The van der Waals surface area contributed by atoms with Crippen molar-refractivity contribution in [1.82, 2.24) is 0 Å². The molecule has 4 N–H and O–H groups in total. The van der Waals surface area contributed by atoms with Crippen LogP contribution in [0.25, 0.3) is 0 Å². The van der Waals surface area contributed by atoms with Crippen molar-refractivity contribution >= 4 is 5.84 Å². The molecule has 0 aliphatic carbocycles. The summed E-state index contributed by atoms with van der Waals surface area (Å²) in [6, 6.07) is 8.92. The normalized spacial score (nSPS) is 15.2. The Morgan fingerprint density at radius 2 is 1.92 bits per heavy atom. The first-order chi connectivity index (χ1) is 5.55. The summed E-state index contributed by atoms with van der Waals surface area (Å²) in [4.78, 5) is 0. The van der Waals surface area contributed by atoms with Crippen molar-refractivity contribution in [3.8, 4) is 0 Å². The van der Waals surface area contributed by atoms with Crippen LogP contribution in [-0.4, -0.2) is 10.9 Å². The van der Waals surface area contributed by atoms with E-state index in [0.717, 1.165) is 0 Å². The van der Waals surface area contributed by atoms with Crippen LogP contribution in [-0.2, 0) is 5.60 Å². The monoisotopic (exact) mass is 164 g/mol. The fourth-order valence-electron chi connectivity index (χ4n) is 0.918. The fraction of sp³-hybridized carbons (Fsp3) is 0.222. The van der Waals surface area contributed by atoms with Crippen molar-refractivity contribution in [1.29, 1.82) is 5.41 Å². The predicted molar refractivity (Wildman–Crippen MR) is 47.9 cm³/mol. The molecule has 0 unspecified atom stereocenters. The maximum Gasteiger partial charge on any atom is 0.143 e. The average Bonchev–Trinajstić information content (AvgIpc) is 2.06. The molecule has 1 rings (SSSR count). The van der Waals surface area contributed by atoms with Gasteiger partial charge in [0.2, 0.25) is 0 Å². The van der Waals surface area contributed by atoms with E-state index in [4.69, 9.17) is 11.1 Å². The standard InChI is InChI=1S/C9H12N2O/c1-9(12,8(10)11)7-5-3-2-4-6-7/h2-6,12H,1H3,(H3,10,11)/t9-/m1/s1. The molecule has 0 saturated carbocycles. The second kappa shape index (κ2) is 2.95. The second-order valence-electron chi connectivity index (χ2n) is 2.85. The molecule has 0 aliphatic rings. The van der Waals surface area contributed by atoms with Crippen LogP contribution in [0, 0.1) is 5.41 Å². The predicted octanol–water partition coefficient (Wildman–Crippen LogP) is 0.830. The number of hydrogen-bond acceptors (Lipinski definition) is 2. The maximum absolute atomic E-state index is 9.71. The smallest absolute Gasteiger partial charge is 0.143 e. The largest absolute Gasteiger partial charge is 0.385 e. The van der Waals surface area contributed by atoms with E-state index in [0.29, 0.717) is 5.56 Å². The highest BCUT2D eigenvalue weighted by molar-refractivity contribution is 5.86. The maximum atomic E-state index is 9.71. The molecule has 0 aliphatic heterocycles. The summed E-state index contributed by atoms with van der Waals surface area (Å²) in [7, 11) is 0. The summed E-state index contributed by atoms with van der Waals surface area (Å²) in [6.45, 7) is 1.50. The van der Waals surface area contributed by atoms with E-state index in [1.54, 1.807) is 24.3 Å². The Balaban J connectivity index is 3.06. The summed E-state index contributed by atoms with van der Waals surface area (Å²) < 4.78 is 0. The zero-order chi connectivity index (χ0) is 9.19. The van der Waals surface area contributed by atoms with Crippen LogP contribution in [0.4, 0.5) is 0 Å². The Morgan fingerprint density at radius 1 is 1.42 bits per heavy atom. The molecule has 0 radical (unpaired) electrons. The number of benzene rings is 1. The van der Waals surface area contributed by atoms with Crippen molar-refractivity contribution < 1.29 is 5.11 Å². The molecule has 3 nitrogen and oxygen atoms in total. The van der Waals surface area contributed by atoms with Gasteiger partial charge in [0.25, 0.3) is 0 Å². The summed E-state index contributed by atoms with van der Waals surface area (Å²) in [5.41, 5.74) is 4.53. The Kier molecular flexibility index (Phi) is 2.15. The highest BCUT2D eigenvalue weighted by Crippen LogP contribution is 2.18. The minimum Gasteiger partial charge on any atom is -0.385 e. The van der Waals surface area contributed by atoms with E-state index in [1.165, 1.54) is 6.92 Å². The van der Waals surface area contributed by atoms with E-state index < -0.39 is 5.60 Å². The van der Waals surface area contributed by atoms with Gasteiger partial charge >= 0.3 is 0 Å². The molecule has 1 atom stereocenters. The number of nitrogens with one attached hydrogen (secondary N) is 1. The van der Waals surface area contributed by atoms with Crippen LogP contribution >= 0.6 is 0 Å². The lowest BCUT2D eigenvalue weighted by molar-refractivity contribution is 0.130. The van der Waals surface area contributed by atoms with Crippen LogP contribution in [0.5, 0.6) is 0 Å². The van der Waals surface area contributed by atoms with Crippen LogP contribution in [0.1, 0.15) is 12.5 Å². The van der Waals surface area contributed by atoms with E-state index in [-0.39, 0.29) is 5.84 Å². The van der Waals surface area contributed by atoms with Gasteiger partial charge in [-0.05, 0) is 12.5 Å². The molecule has 0 fully saturated rings. The third-order valence-electron chi connectivity index (χ3n) is 1.86. The molecule has 1 aromatic carbocycles. The molecule has 1 aromatic rings. The zero-order valence-corrected chi connectivity index (χ0v) is 6.91. The Labute approximate surface area is 71.3 Å². The summed E-state index contributed by atoms with van der Waals surface area (Å²) in [5, 5.41) is 16.9. The molecule has 0 spiro atoms. The third-order valence-corrected chi connectivity index (χ3v) is 1.86. The second-order valence-corrected chi connectivity index (χ2v) is 2.85. The highest BCUT2D eigenvalue weighted by Gasteiger charge is 2.25.